The maximum absolute atomic E-state index is 10.9. The molecule has 8 heteroatoms. The predicted molar refractivity (Wildman–Crippen MR) is 70.0 cm³/mol. The highest BCUT2D eigenvalue weighted by molar-refractivity contribution is 6.31. The molecule has 0 saturated carbocycles. The summed E-state index contributed by atoms with van der Waals surface area (Å²) in [4.78, 5) is 21.8. The second-order valence-electron chi connectivity index (χ2n) is 3.78. The first-order valence-corrected chi connectivity index (χ1v) is 5.76. The Hall–Kier alpha value is -2.28. The van der Waals surface area contributed by atoms with Crippen molar-refractivity contribution in [3.05, 3.63) is 51.2 Å². The third-order valence-electron chi connectivity index (χ3n) is 2.39. The lowest BCUT2D eigenvalue weighted by molar-refractivity contribution is -0.384. The molecule has 0 radical (unpaired) electrons. The molecule has 2 rings (SSSR count). The molecule has 0 atom stereocenters. The lowest BCUT2D eigenvalue weighted by Crippen LogP contribution is -2.06. The average molecular weight is 280 g/mol. The first kappa shape index (κ1) is 13.2. The van der Waals surface area contributed by atoms with E-state index in [0.717, 1.165) is 11.3 Å². The Kier molecular flexibility index (Phi) is 3.86. The summed E-state index contributed by atoms with van der Waals surface area (Å²) in [5.41, 5.74) is 1.46. The first-order valence-electron chi connectivity index (χ1n) is 5.38. The van der Waals surface area contributed by atoms with Crippen LogP contribution >= 0.6 is 11.6 Å². The number of hydrogen-bond acceptors (Lipinski definition) is 6. The molecular formula is C11H10ClN5O2. The molecule has 98 valence electrons. The van der Waals surface area contributed by atoms with Gasteiger partial charge in [0.1, 0.15) is 6.33 Å². The van der Waals surface area contributed by atoms with Gasteiger partial charge in [0, 0.05) is 18.4 Å². The van der Waals surface area contributed by atoms with Crippen molar-refractivity contribution in [1.29, 1.82) is 0 Å². The van der Waals surface area contributed by atoms with E-state index in [1.54, 1.807) is 6.20 Å². The Morgan fingerprint density at radius 1 is 1.37 bits per heavy atom. The average Bonchev–Trinajstić information content (AvgIpc) is 2.37. The highest BCUT2D eigenvalue weighted by Crippen LogP contribution is 2.28. The summed E-state index contributed by atoms with van der Waals surface area (Å²) in [6.45, 7) is 2.24. The summed E-state index contributed by atoms with van der Waals surface area (Å²) in [6, 6.07) is 3.74. The van der Waals surface area contributed by atoms with E-state index in [0.29, 0.717) is 6.54 Å². The minimum Gasteiger partial charge on any atom is -0.360 e. The molecule has 19 heavy (non-hydrogen) atoms. The quantitative estimate of drug-likeness (QED) is 0.524. The van der Waals surface area contributed by atoms with Crippen LogP contribution < -0.4 is 5.32 Å². The number of nitrogens with one attached hydrogen (secondary N) is 1. The molecule has 2 aromatic rings. The van der Waals surface area contributed by atoms with Gasteiger partial charge in [0.15, 0.2) is 0 Å². The van der Waals surface area contributed by atoms with E-state index < -0.39 is 4.92 Å². The maximum Gasteiger partial charge on any atom is 0.348 e. The molecule has 2 heterocycles. The van der Waals surface area contributed by atoms with Gasteiger partial charge in [-0.15, -0.1) is 0 Å². The monoisotopic (exact) mass is 279 g/mol. The van der Waals surface area contributed by atoms with Crippen LogP contribution in [0.1, 0.15) is 11.3 Å². The van der Waals surface area contributed by atoms with E-state index in [2.05, 4.69) is 20.3 Å². The number of halogens is 1. The summed E-state index contributed by atoms with van der Waals surface area (Å²) in [5.74, 6) is 0.0885. The Morgan fingerprint density at radius 3 is 2.79 bits per heavy atom. The van der Waals surface area contributed by atoms with Crippen LogP contribution in [0.3, 0.4) is 0 Å². The third kappa shape index (κ3) is 3.14. The molecule has 2 aromatic heterocycles. The number of rotatable bonds is 4. The molecule has 1 N–H and O–H groups in total. The molecule has 0 aliphatic rings. The molecule has 0 aliphatic heterocycles. The smallest absolute Gasteiger partial charge is 0.348 e. The first-order chi connectivity index (χ1) is 9.08. The van der Waals surface area contributed by atoms with E-state index >= 15 is 0 Å². The highest BCUT2D eigenvalue weighted by atomic mass is 35.5. The number of pyridine rings is 1. The summed E-state index contributed by atoms with van der Waals surface area (Å²) in [5, 5.41) is 13.6. The van der Waals surface area contributed by atoms with Crippen molar-refractivity contribution >= 4 is 23.1 Å². The van der Waals surface area contributed by atoms with E-state index in [-0.39, 0.29) is 16.7 Å². The van der Waals surface area contributed by atoms with Gasteiger partial charge in [-0.3, -0.25) is 15.1 Å². The van der Waals surface area contributed by atoms with Gasteiger partial charge in [0.2, 0.25) is 11.0 Å². The molecule has 0 amide bonds. The van der Waals surface area contributed by atoms with Crippen LogP contribution in [0.4, 0.5) is 11.5 Å². The lowest BCUT2D eigenvalue weighted by atomic mass is 10.2. The number of aryl methyl sites for hydroxylation is 1. The number of aromatic nitrogens is 3. The highest BCUT2D eigenvalue weighted by Gasteiger charge is 2.21. The Balaban J connectivity index is 2.18. The Labute approximate surface area is 113 Å². The van der Waals surface area contributed by atoms with Crippen LogP contribution in [0.2, 0.25) is 5.15 Å². The van der Waals surface area contributed by atoms with Crippen LogP contribution in [0.25, 0.3) is 0 Å². The van der Waals surface area contributed by atoms with Crippen LogP contribution in [0, 0.1) is 17.0 Å². The largest absolute Gasteiger partial charge is 0.360 e. The fourth-order valence-electron chi connectivity index (χ4n) is 1.44. The Bertz CT molecular complexity index is 603. The van der Waals surface area contributed by atoms with Crippen molar-refractivity contribution in [2.45, 2.75) is 13.5 Å². The molecule has 0 spiro atoms. The third-order valence-corrected chi connectivity index (χ3v) is 2.67. The van der Waals surface area contributed by atoms with Gasteiger partial charge in [0.05, 0.1) is 4.92 Å². The predicted octanol–water partition coefficient (Wildman–Crippen LogP) is 2.35. The van der Waals surface area contributed by atoms with Crippen molar-refractivity contribution in [3.63, 3.8) is 0 Å². The zero-order valence-corrected chi connectivity index (χ0v) is 10.8. The van der Waals surface area contributed by atoms with Crippen molar-refractivity contribution < 1.29 is 4.92 Å². The summed E-state index contributed by atoms with van der Waals surface area (Å²) in [6.07, 6.45) is 2.86. The molecule has 0 fully saturated rings. The second kappa shape index (κ2) is 5.57. The van der Waals surface area contributed by atoms with Crippen molar-refractivity contribution in [3.8, 4) is 0 Å². The van der Waals surface area contributed by atoms with Crippen molar-refractivity contribution in [1.82, 2.24) is 15.0 Å². The van der Waals surface area contributed by atoms with Crippen molar-refractivity contribution in [2.75, 3.05) is 5.32 Å². The van der Waals surface area contributed by atoms with Gasteiger partial charge in [-0.25, -0.2) is 9.97 Å². The fraction of sp³-hybridized carbons (Fsp3) is 0.182. The fourth-order valence-corrected chi connectivity index (χ4v) is 1.64. The van der Waals surface area contributed by atoms with Gasteiger partial charge in [0.25, 0.3) is 0 Å². The summed E-state index contributed by atoms with van der Waals surface area (Å²) < 4.78 is 0. The molecule has 0 aliphatic carbocycles. The van der Waals surface area contributed by atoms with Crippen LogP contribution in [-0.2, 0) is 6.54 Å². The standard InChI is InChI=1S/C11H10ClN5O2/c1-7-2-3-8(4-13-7)5-14-11-9(17(18)19)10(12)15-6-16-11/h2-4,6H,5H2,1H3,(H,14,15,16). The maximum atomic E-state index is 10.9. The zero-order chi connectivity index (χ0) is 13.8. The zero-order valence-electron chi connectivity index (χ0n) is 10.00. The van der Waals surface area contributed by atoms with Gasteiger partial charge >= 0.3 is 5.69 Å². The van der Waals surface area contributed by atoms with E-state index in [1.807, 2.05) is 19.1 Å². The molecule has 7 nitrogen and oxygen atoms in total. The lowest BCUT2D eigenvalue weighted by Gasteiger charge is -2.06. The number of hydrogen-bond donors (Lipinski definition) is 1. The molecule has 0 bridgehead atoms. The van der Waals surface area contributed by atoms with E-state index in [9.17, 15) is 10.1 Å². The normalized spacial score (nSPS) is 10.2. The minimum atomic E-state index is -0.613. The van der Waals surface area contributed by atoms with Crippen molar-refractivity contribution in [2.24, 2.45) is 0 Å². The SMILES string of the molecule is Cc1ccc(CNc2ncnc(Cl)c2[N+](=O)[O-])cn1. The molecular weight excluding hydrogens is 270 g/mol. The van der Waals surface area contributed by atoms with Crippen LogP contribution in [0.5, 0.6) is 0 Å². The Morgan fingerprint density at radius 2 is 2.16 bits per heavy atom. The summed E-state index contributed by atoms with van der Waals surface area (Å²) >= 11 is 5.68. The molecule has 0 saturated heterocycles. The van der Waals surface area contributed by atoms with E-state index in [1.165, 1.54) is 6.33 Å². The number of nitro groups is 1. The van der Waals surface area contributed by atoms with Gasteiger partial charge in [-0.1, -0.05) is 17.7 Å². The number of anilines is 1. The molecule has 0 aromatic carbocycles. The van der Waals surface area contributed by atoms with Crippen LogP contribution in [0.15, 0.2) is 24.7 Å². The van der Waals surface area contributed by atoms with Gasteiger partial charge in [-0.05, 0) is 18.6 Å². The van der Waals surface area contributed by atoms with Gasteiger partial charge in [-0.2, -0.15) is 0 Å². The minimum absolute atomic E-state index is 0.0885. The molecule has 0 unspecified atom stereocenters. The number of nitrogens with zero attached hydrogens (tertiary/aromatic N) is 4. The van der Waals surface area contributed by atoms with Crippen LogP contribution in [-0.4, -0.2) is 19.9 Å². The van der Waals surface area contributed by atoms with E-state index in [4.69, 9.17) is 11.6 Å². The summed E-state index contributed by atoms with van der Waals surface area (Å²) in [7, 11) is 0. The topological polar surface area (TPSA) is 93.8 Å². The second-order valence-corrected chi connectivity index (χ2v) is 4.14. The van der Waals surface area contributed by atoms with Gasteiger partial charge < -0.3 is 5.32 Å².